The number of benzene rings is 1. The molecule has 0 aliphatic heterocycles. The quantitative estimate of drug-likeness (QED) is 0.367. The van der Waals surface area contributed by atoms with Gasteiger partial charge < -0.3 is 19.6 Å². The lowest BCUT2D eigenvalue weighted by molar-refractivity contribution is 0.0690. The van der Waals surface area contributed by atoms with Gasteiger partial charge in [-0.1, -0.05) is 24.1 Å². The number of aromatic nitrogens is 1. The molecule has 0 aliphatic rings. The van der Waals surface area contributed by atoms with Gasteiger partial charge in [0, 0.05) is 22.8 Å². The summed E-state index contributed by atoms with van der Waals surface area (Å²) in [6.07, 6.45) is 10.6. The van der Waals surface area contributed by atoms with Crippen LogP contribution in [0.4, 0.5) is 5.69 Å². The summed E-state index contributed by atoms with van der Waals surface area (Å²) in [5.74, 6) is 1.88. The Morgan fingerprint density at radius 2 is 2.06 bits per heavy atom. The number of pyridine rings is 1. The Balaban J connectivity index is 2.22. The highest BCUT2D eigenvalue weighted by molar-refractivity contribution is 5.92. The largest absolute Gasteiger partial charge is 0.481 e. The Kier molecular flexibility index (Phi) is 7.22. The van der Waals surface area contributed by atoms with E-state index in [4.69, 9.17) is 15.6 Å². The normalized spacial score (nSPS) is 12.5. The number of rotatable bonds is 7. The van der Waals surface area contributed by atoms with E-state index >= 15 is 0 Å². The third kappa shape index (κ3) is 4.71. The first-order valence-corrected chi connectivity index (χ1v) is 10.6. The molecule has 34 heavy (non-hydrogen) atoms. The van der Waals surface area contributed by atoms with Crippen molar-refractivity contribution >= 4 is 28.2 Å². The molecule has 0 spiro atoms. The lowest BCUT2D eigenvalue weighted by Crippen LogP contribution is -2.15. The van der Waals surface area contributed by atoms with Crippen LogP contribution in [-0.4, -0.2) is 23.2 Å². The smallest absolute Gasteiger partial charge is 0.356 e. The van der Waals surface area contributed by atoms with Crippen molar-refractivity contribution in [1.29, 1.82) is 0 Å². The van der Waals surface area contributed by atoms with Crippen LogP contribution in [0.15, 0.2) is 51.7 Å². The minimum atomic E-state index is -1.19. The summed E-state index contributed by atoms with van der Waals surface area (Å²) in [5.41, 5.74) is 3.02. The molecule has 0 bridgehead atoms. The van der Waals surface area contributed by atoms with Gasteiger partial charge in [0.2, 0.25) is 5.88 Å². The van der Waals surface area contributed by atoms with Crippen molar-refractivity contribution in [3.8, 4) is 18.2 Å². The van der Waals surface area contributed by atoms with E-state index in [0.29, 0.717) is 39.1 Å². The number of carbonyl (C=O) groups is 1. The number of nitrogens with zero attached hydrogens (tertiary/aromatic N) is 1. The molecule has 0 aliphatic carbocycles. The van der Waals surface area contributed by atoms with Crippen LogP contribution in [0.2, 0.25) is 0 Å². The fourth-order valence-electron chi connectivity index (χ4n) is 3.77. The van der Waals surface area contributed by atoms with Crippen LogP contribution in [0, 0.1) is 26.2 Å². The van der Waals surface area contributed by atoms with E-state index in [1.807, 2.05) is 32.9 Å². The van der Waals surface area contributed by atoms with Gasteiger partial charge >= 0.3 is 5.97 Å². The van der Waals surface area contributed by atoms with Crippen molar-refractivity contribution in [2.24, 2.45) is 0 Å². The van der Waals surface area contributed by atoms with Crippen LogP contribution >= 0.6 is 0 Å². The van der Waals surface area contributed by atoms with Gasteiger partial charge in [0.15, 0.2) is 11.1 Å². The average molecular weight is 459 g/mol. The van der Waals surface area contributed by atoms with Crippen molar-refractivity contribution < 1.29 is 19.1 Å². The maximum absolute atomic E-state index is 13.3. The van der Waals surface area contributed by atoms with E-state index < -0.39 is 12.0 Å². The lowest BCUT2D eigenvalue weighted by Gasteiger charge is -2.20. The molecule has 0 saturated heterocycles. The first-order valence-electron chi connectivity index (χ1n) is 10.6. The van der Waals surface area contributed by atoms with E-state index in [9.17, 15) is 14.7 Å². The number of aryl methyl sites for hydroxylation is 1. The molecule has 0 fully saturated rings. The SMILES string of the molecule is C#C/C=C(\C=C/C)c1oc2c(C(C)Nc3ccc(OC)nc3C(=O)O)cc(C)cc2c(=O)c1C. The maximum Gasteiger partial charge on any atom is 0.356 e. The number of anilines is 1. The zero-order chi connectivity index (χ0) is 25.0. The van der Waals surface area contributed by atoms with Crippen molar-refractivity contribution in [3.05, 3.63) is 80.9 Å². The molecular weight excluding hydrogens is 432 g/mol. The predicted molar refractivity (Wildman–Crippen MR) is 133 cm³/mol. The highest BCUT2D eigenvalue weighted by Gasteiger charge is 2.21. The molecule has 1 unspecified atom stereocenters. The van der Waals surface area contributed by atoms with Crippen LogP contribution in [-0.2, 0) is 0 Å². The molecule has 0 radical (unpaired) electrons. The second-order valence-electron chi connectivity index (χ2n) is 7.80. The zero-order valence-corrected chi connectivity index (χ0v) is 19.7. The molecule has 1 atom stereocenters. The Labute approximate surface area is 197 Å². The van der Waals surface area contributed by atoms with Gasteiger partial charge in [-0.2, -0.15) is 0 Å². The molecule has 0 amide bonds. The molecule has 174 valence electrons. The van der Waals surface area contributed by atoms with Gasteiger partial charge in [-0.25, -0.2) is 9.78 Å². The van der Waals surface area contributed by atoms with Crippen molar-refractivity contribution in [2.75, 3.05) is 12.4 Å². The number of allylic oxidation sites excluding steroid dienone is 4. The van der Waals surface area contributed by atoms with Crippen molar-refractivity contribution in [2.45, 2.75) is 33.7 Å². The van der Waals surface area contributed by atoms with E-state index in [-0.39, 0.29) is 17.0 Å². The fourth-order valence-corrected chi connectivity index (χ4v) is 3.77. The minimum absolute atomic E-state index is 0.154. The summed E-state index contributed by atoms with van der Waals surface area (Å²) in [6, 6.07) is 6.43. The number of carboxylic acid groups (broad SMARTS) is 1. The number of ether oxygens (including phenoxy) is 1. The van der Waals surface area contributed by atoms with E-state index in [1.54, 1.807) is 37.3 Å². The standard InChI is InChI=1S/C27H26N2O5/c1-7-9-18(10-8-2)25-16(4)24(30)20-14-15(3)13-19(26(20)34-25)17(5)28-21-11-12-22(33-6)29-23(21)27(31)32/h1,8-14,17,28H,2-6H3,(H,31,32)/b10-8-,18-9+. The summed E-state index contributed by atoms with van der Waals surface area (Å²) >= 11 is 0. The van der Waals surface area contributed by atoms with Crippen LogP contribution in [0.5, 0.6) is 5.88 Å². The third-order valence-electron chi connectivity index (χ3n) is 5.36. The van der Waals surface area contributed by atoms with Crippen LogP contribution in [0.1, 0.15) is 52.8 Å². The Hall–Kier alpha value is -4.31. The summed E-state index contributed by atoms with van der Waals surface area (Å²) in [7, 11) is 1.42. The first-order chi connectivity index (χ1) is 16.2. The average Bonchev–Trinajstić information content (AvgIpc) is 2.81. The molecule has 7 heteroatoms. The van der Waals surface area contributed by atoms with Crippen molar-refractivity contribution in [1.82, 2.24) is 4.98 Å². The number of hydrogen-bond acceptors (Lipinski definition) is 6. The first kappa shape index (κ1) is 24.3. The van der Waals surface area contributed by atoms with E-state index in [1.165, 1.54) is 7.11 Å². The van der Waals surface area contributed by atoms with Crippen LogP contribution in [0.25, 0.3) is 16.5 Å². The number of methoxy groups -OCH3 is 1. The summed E-state index contributed by atoms with van der Waals surface area (Å²) in [5, 5.41) is 13.2. The number of nitrogens with one attached hydrogen (secondary N) is 1. The molecule has 3 aromatic rings. The zero-order valence-electron chi connectivity index (χ0n) is 19.7. The van der Waals surface area contributed by atoms with Crippen LogP contribution < -0.4 is 15.5 Å². The summed E-state index contributed by atoms with van der Waals surface area (Å²) in [4.78, 5) is 29.1. The molecule has 1 aromatic carbocycles. The topological polar surface area (TPSA) is 102 Å². The van der Waals surface area contributed by atoms with Gasteiger partial charge in [0.05, 0.1) is 24.2 Å². The molecule has 2 aromatic heterocycles. The van der Waals surface area contributed by atoms with Gasteiger partial charge in [0.1, 0.15) is 11.3 Å². The van der Waals surface area contributed by atoms with Crippen molar-refractivity contribution in [3.63, 3.8) is 0 Å². The van der Waals surface area contributed by atoms with Gasteiger partial charge in [-0.15, -0.1) is 6.42 Å². The molecule has 3 rings (SSSR count). The van der Waals surface area contributed by atoms with Gasteiger partial charge in [0.25, 0.3) is 0 Å². The molecular formula is C27H26N2O5. The molecule has 2 heterocycles. The number of fused-ring (bicyclic) bond motifs is 1. The van der Waals surface area contributed by atoms with Crippen LogP contribution in [0.3, 0.4) is 0 Å². The summed E-state index contributed by atoms with van der Waals surface area (Å²) < 4.78 is 11.3. The molecule has 2 N–H and O–H groups in total. The number of terminal acetylenes is 1. The number of hydrogen-bond donors (Lipinski definition) is 2. The number of carboxylic acids is 1. The summed E-state index contributed by atoms with van der Waals surface area (Å²) in [6.45, 7) is 7.30. The van der Waals surface area contributed by atoms with E-state index in [2.05, 4.69) is 16.2 Å². The molecule has 7 nitrogen and oxygen atoms in total. The maximum atomic E-state index is 13.3. The highest BCUT2D eigenvalue weighted by Crippen LogP contribution is 2.32. The van der Waals surface area contributed by atoms with Gasteiger partial charge in [-0.05, 0) is 51.5 Å². The Morgan fingerprint density at radius 3 is 2.68 bits per heavy atom. The highest BCUT2D eigenvalue weighted by atomic mass is 16.5. The lowest BCUT2D eigenvalue weighted by atomic mass is 9.98. The monoisotopic (exact) mass is 458 g/mol. The predicted octanol–water partition coefficient (Wildman–Crippen LogP) is 5.28. The fraction of sp³-hybridized carbons (Fsp3) is 0.222. The second kappa shape index (κ2) is 10.1. The minimum Gasteiger partial charge on any atom is -0.481 e. The second-order valence-corrected chi connectivity index (χ2v) is 7.80. The van der Waals surface area contributed by atoms with Gasteiger partial charge in [-0.3, -0.25) is 4.79 Å². The Bertz CT molecular complexity index is 1420. The van der Waals surface area contributed by atoms with E-state index in [0.717, 1.165) is 5.56 Å². The third-order valence-corrected chi connectivity index (χ3v) is 5.36. The number of aromatic carboxylic acids is 1. The Morgan fingerprint density at radius 1 is 1.32 bits per heavy atom. The molecule has 0 saturated carbocycles.